The van der Waals surface area contributed by atoms with Gasteiger partial charge in [-0.15, -0.1) is 0 Å². The van der Waals surface area contributed by atoms with Crippen LogP contribution in [0.15, 0.2) is 78.0 Å². The molecule has 41 heavy (non-hydrogen) atoms. The average molecular weight is 581 g/mol. The topological polar surface area (TPSA) is 143 Å². The van der Waals surface area contributed by atoms with Gasteiger partial charge in [0.2, 0.25) is 16.0 Å². The summed E-state index contributed by atoms with van der Waals surface area (Å²) in [5, 5.41) is 6.05. The number of carbonyl (C=O) groups excluding carboxylic acids is 2. The van der Waals surface area contributed by atoms with Crippen molar-refractivity contribution in [3.63, 3.8) is 0 Å². The number of nitrogens with zero attached hydrogens (tertiary/aromatic N) is 3. The van der Waals surface area contributed by atoms with Crippen molar-refractivity contribution in [2.45, 2.75) is 62.7 Å². The van der Waals surface area contributed by atoms with Gasteiger partial charge in [0.1, 0.15) is 17.8 Å². The number of amides is 1. The number of hydrogen-bond acceptors (Lipinski definition) is 9. The summed E-state index contributed by atoms with van der Waals surface area (Å²) in [7, 11) is -4.04. The number of sulfonamides is 1. The summed E-state index contributed by atoms with van der Waals surface area (Å²) in [5.74, 6) is -0.684. The monoisotopic (exact) mass is 580 g/mol. The van der Waals surface area contributed by atoms with Gasteiger partial charge in [-0.1, -0.05) is 18.2 Å². The largest absolute Gasteiger partial charge is 0.459 e. The highest BCUT2D eigenvalue weighted by Gasteiger charge is 2.30. The summed E-state index contributed by atoms with van der Waals surface area (Å²) in [6.45, 7) is 5.60. The molecule has 1 aliphatic heterocycles. The van der Waals surface area contributed by atoms with Crippen LogP contribution in [0, 0.1) is 0 Å². The molecule has 1 unspecified atom stereocenters. The van der Waals surface area contributed by atoms with Gasteiger partial charge in [0.15, 0.2) is 0 Å². The van der Waals surface area contributed by atoms with Crippen LogP contribution in [0.3, 0.4) is 0 Å². The van der Waals surface area contributed by atoms with Gasteiger partial charge in [0.05, 0.1) is 4.90 Å². The molecule has 0 saturated carbocycles. The molecule has 0 bridgehead atoms. The summed E-state index contributed by atoms with van der Waals surface area (Å²) >= 11 is 0. The molecule has 2 aromatic carbocycles. The molecule has 0 radical (unpaired) electrons. The highest BCUT2D eigenvalue weighted by molar-refractivity contribution is 7.89. The molecular formula is C29H36N6O5S. The summed E-state index contributed by atoms with van der Waals surface area (Å²) in [6, 6.07) is 15.3. The number of rotatable bonds is 10. The third-order valence-corrected chi connectivity index (χ3v) is 7.82. The van der Waals surface area contributed by atoms with Crippen LogP contribution in [0.25, 0.3) is 0 Å². The lowest BCUT2D eigenvalue weighted by Gasteiger charge is -2.38. The van der Waals surface area contributed by atoms with Gasteiger partial charge in [-0.3, -0.25) is 9.59 Å². The second-order valence-electron chi connectivity index (χ2n) is 10.7. The SMILES string of the molecule is CC(C)(C)OC(=O)[C@H](CNC(=O)c1ccc(N2CCCCC2Nc2ncccn2)cc1)NS(=O)(=O)c1ccccc1. The number of carbonyl (C=O) groups is 2. The van der Waals surface area contributed by atoms with Crippen molar-refractivity contribution in [3.05, 3.63) is 78.6 Å². The van der Waals surface area contributed by atoms with Crippen LogP contribution in [-0.4, -0.2) is 61.2 Å². The van der Waals surface area contributed by atoms with Crippen molar-refractivity contribution < 1.29 is 22.7 Å². The molecule has 1 aromatic heterocycles. The van der Waals surface area contributed by atoms with Crippen LogP contribution < -0.4 is 20.3 Å². The van der Waals surface area contributed by atoms with E-state index in [-0.39, 0.29) is 17.6 Å². The highest BCUT2D eigenvalue weighted by atomic mass is 32.2. The number of aromatic nitrogens is 2. The molecule has 1 amide bonds. The molecule has 3 N–H and O–H groups in total. The quantitative estimate of drug-likeness (QED) is 0.308. The van der Waals surface area contributed by atoms with E-state index in [1.165, 1.54) is 12.1 Å². The Morgan fingerprint density at radius 1 is 1.00 bits per heavy atom. The number of ether oxygens (including phenoxy) is 1. The maximum Gasteiger partial charge on any atom is 0.326 e. The molecule has 2 heterocycles. The first-order valence-electron chi connectivity index (χ1n) is 13.5. The Morgan fingerprint density at radius 2 is 1.68 bits per heavy atom. The molecule has 4 rings (SSSR count). The van der Waals surface area contributed by atoms with Gasteiger partial charge in [-0.25, -0.2) is 18.4 Å². The third-order valence-electron chi connectivity index (χ3n) is 6.33. The Hall–Kier alpha value is -4.03. The van der Waals surface area contributed by atoms with Gasteiger partial charge in [0.25, 0.3) is 5.91 Å². The highest BCUT2D eigenvalue weighted by Crippen LogP contribution is 2.25. The molecule has 2 atom stereocenters. The maximum absolute atomic E-state index is 13.0. The minimum atomic E-state index is -4.04. The van der Waals surface area contributed by atoms with E-state index in [2.05, 4.69) is 30.2 Å². The summed E-state index contributed by atoms with van der Waals surface area (Å²) in [4.78, 5) is 36.6. The first-order valence-corrected chi connectivity index (χ1v) is 15.0. The average Bonchev–Trinajstić information content (AvgIpc) is 2.95. The van der Waals surface area contributed by atoms with Gasteiger partial charge >= 0.3 is 5.97 Å². The minimum absolute atomic E-state index is 0.000178. The van der Waals surface area contributed by atoms with Crippen molar-refractivity contribution in [3.8, 4) is 0 Å². The third kappa shape index (κ3) is 8.48. The smallest absolute Gasteiger partial charge is 0.326 e. The number of piperidine rings is 1. The summed E-state index contributed by atoms with van der Waals surface area (Å²) in [5.41, 5.74) is 0.466. The first-order chi connectivity index (χ1) is 19.5. The van der Waals surface area contributed by atoms with E-state index in [9.17, 15) is 18.0 Å². The van der Waals surface area contributed by atoms with Gasteiger partial charge in [0, 0.05) is 36.7 Å². The standard InChI is InChI=1S/C29H36N6O5S/c1-29(2,3)40-27(37)24(34-41(38,39)23-10-5-4-6-11-23)20-32-26(36)21-13-15-22(16-14-21)35-19-8-7-12-25(35)33-28-30-17-9-18-31-28/h4-6,9-11,13-18,24-25,34H,7-8,12,19-20H2,1-3H3,(H,32,36)(H,30,31,33)/t24-,25?/m0/s1. The van der Waals surface area contributed by atoms with Gasteiger partial charge < -0.3 is 20.3 Å². The Kier molecular flexibility index (Phi) is 9.56. The maximum atomic E-state index is 13.0. The van der Waals surface area contributed by atoms with Gasteiger partial charge in [-0.05, 0) is 82.5 Å². The fourth-order valence-electron chi connectivity index (χ4n) is 4.42. The Labute approximate surface area is 240 Å². The van der Waals surface area contributed by atoms with E-state index >= 15 is 0 Å². The molecule has 1 fully saturated rings. The normalized spacial score (nSPS) is 16.5. The molecule has 11 nitrogen and oxygen atoms in total. The minimum Gasteiger partial charge on any atom is -0.459 e. The molecule has 12 heteroatoms. The van der Waals surface area contributed by atoms with Crippen molar-refractivity contribution in [1.29, 1.82) is 0 Å². The molecule has 1 saturated heterocycles. The molecule has 218 valence electrons. The van der Waals surface area contributed by atoms with E-state index in [1.54, 1.807) is 69.6 Å². The second kappa shape index (κ2) is 13.1. The summed E-state index contributed by atoms with van der Waals surface area (Å²) < 4.78 is 33.6. The zero-order valence-corrected chi connectivity index (χ0v) is 24.2. The molecule has 1 aliphatic rings. The predicted molar refractivity (Wildman–Crippen MR) is 156 cm³/mol. The Balaban J connectivity index is 1.43. The van der Waals surface area contributed by atoms with Crippen LogP contribution >= 0.6 is 0 Å². The zero-order valence-electron chi connectivity index (χ0n) is 23.4. The van der Waals surface area contributed by atoms with E-state index in [1.807, 2.05) is 12.1 Å². The number of anilines is 2. The number of benzene rings is 2. The first kappa shape index (κ1) is 29.9. The molecule has 3 aromatic rings. The van der Waals surface area contributed by atoms with Crippen molar-refractivity contribution in [1.82, 2.24) is 20.0 Å². The van der Waals surface area contributed by atoms with Gasteiger partial charge in [-0.2, -0.15) is 4.72 Å². The van der Waals surface area contributed by atoms with Crippen LogP contribution in [0.1, 0.15) is 50.4 Å². The Morgan fingerprint density at radius 3 is 2.34 bits per heavy atom. The van der Waals surface area contributed by atoms with Crippen molar-refractivity contribution in [2.75, 3.05) is 23.3 Å². The fraction of sp³-hybridized carbons (Fsp3) is 0.379. The predicted octanol–water partition coefficient (Wildman–Crippen LogP) is 3.32. The van der Waals surface area contributed by atoms with E-state index in [0.717, 1.165) is 31.5 Å². The van der Waals surface area contributed by atoms with Crippen LogP contribution in [0.2, 0.25) is 0 Å². The Bertz CT molecular complexity index is 1410. The zero-order chi connectivity index (χ0) is 29.5. The van der Waals surface area contributed by atoms with E-state index in [4.69, 9.17) is 4.74 Å². The van der Waals surface area contributed by atoms with Crippen LogP contribution in [0.4, 0.5) is 11.6 Å². The summed E-state index contributed by atoms with van der Waals surface area (Å²) in [6.07, 6.45) is 6.44. The van der Waals surface area contributed by atoms with E-state index < -0.39 is 33.5 Å². The van der Waals surface area contributed by atoms with Crippen molar-refractivity contribution in [2.24, 2.45) is 0 Å². The number of esters is 1. The van der Waals surface area contributed by atoms with Crippen LogP contribution in [-0.2, 0) is 19.6 Å². The fourth-order valence-corrected chi connectivity index (χ4v) is 5.62. The second-order valence-corrected chi connectivity index (χ2v) is 12.4. The lowest BCUT2D eigenvalue weighted by atomic mass is 10.1. The van der Waals surface area contributed by atoms with Crippen molar-refractivity contribution >= 4 is 33.5 Å². The van der Waals surface area contributed by atoms with E-state index in [0.29, 0.717) is 11.5 Å². The molecular weight excluding hydrogens is 544 g/mol. The molecule has 0 spiro atoms. The number of nitrogens with one attached hydrogen (secondary N) is 3. The van der Waals surface area contributed by atoms with Crippen LogP contribution in [0.5, 0.6) is 0 Å². The lowest BCUT2D eigenvalue weighted by molar-refractivity contribution is -0.156. The molecule has 0 aliphatic carbocycles. The number of hydrogen-bond donors (Lipinski definition) is 3. The lowest BCUT2D eigenvalue weighted by Crippen LogP contribution is -2.50.